The number of hydrogen-bond donors (Lipinski definition) is 1. The maximum Gasteiger partial charge on any atom is 0.312 e. The van der Waals surface area contributed by atoms with E-state index in [9.17, 15) is 14.4 Å². The van der Waals surface area contributed by atoms with Crippen molar-refractivity contribution in [1.82, 2.24) is 0 Å². The Morgan fingerprint density at radius 3 is 2.60 bits per heavy atom. The summed E-state index contributed by atoms with van der Waals surface area (Å²) >= 11 is 0. The molecule has 0 saturated carbocycles. The van der Waals surface area contributed by atoms with Crippen molar-refractivity contribution in [3.05, 3.63) is 59.7 Å². The van der Waals surface area contributed by atoms with Gasteiger partial charge in [-0.2, -0.15) is 5.26 Å². The molecule has 0 aromatic heterocycles. The van der Waals surface area contributed by atoms with Gasteiger partial charge in [-0.1, -0.05) is 31.2 Å². The number of rotatable bonds is 6. The van der Waals surface area contributed by atoms with Crippen LogP contribution in [0, 0.1) is 17.2 Å². The number of nitrogens with one attached hydrogen (secondary N) is 1. The van der Waals surface area contributed by atoms with Crippen LogP contribution in [0.5, 0.6) is 0 Å². The Morgan fingerprint density at radius 2 is 1.93 bits per heavy atom. The van der Waals surface area contributed by atoms with Gasteiger partial charge in [0.2, 0.25) is 5.91 Å². The third kappa shape index (κ3) is 4.66. The van der Waals surface area contributed by atoms with Gasteiger partial charge in [0.15, 0.2) is 6.10 Å². The molecule has 7 nitrogen and oxygen atoms in total. The molecule has 154 valence electrons. The molecule has 1 aliphatic rings. The predicted octanol–water partition coefficient (Wildman–Crippen LogP) is 3.04. The summed E-state index contributed by atoms with van der Waals surface area (Å²) in [4.78, 5) is 38.8. The lowest BCUT2D eigenvalue weighted by molar-refractivity contribution is -0.157. The summed E-state index contributed by atoms with van der Waals surface area (Å²) in [6.07, 6.45) is -0.112. The van der Waals surface area contributed by atoms with E-state index in [1.54, 1.807) is 29.2 Å². The molecule has 1 aliphatic heterocycles. The quantitative estimate of drug-likeness (QED) is 0.745. The molecule has 0 aliphatic carbocycles. The summed E-state index contributed by atoms with van der Waals surface area (Å²) < 4.78 is 5.30. The Bertz CT molecular complexity index is 994. The van der Waals surface area contributed by atoms with E-state index in [2.05, 4.69) is 12.2 Å². The number of amides is 2. The van der Waals surface area contributed by atoms with Crippen LogP contribution in [0.1, 0.15) is 31.4 Å². The van der Waals surface area contributed by atoms with E-state index in [1.165, 1.54) is 12.5 Å². The van der Waals surface area contributed by atoms with E-state index >= 15 is 0 Å². The molecule has 1 N–H and O–H groups in total. The average Bonchev–Trinajstić information content (AvgIpc) is 3.15. The van der Waals surface area contributed by atoms with Crippen molar-refractivity contribution in [2.24, 2.45) is 5.92 Å². The first-order valence-electron chi connectivity index (χ1n) is 9.82. The van der Waals surface area contributed by atoms with Crippen LogP contribution in [0.25, 0.3) is 0 Å². The molecule has 1 saturated heterocycles. The minimum absolute atomic E-state index is 0.0416. The first kappa shape index (κ1) is 21.1. The first-order valence-corrected chi connectivity index (χ1v) is 9.82. The Morgan fingerprint density at radius 1 is 1.23 bits per heavy atom. The second kappa shape index (κ2) is 9.23. The molecule has 0 radical (unpaired) electrons. The van der Waals surface area contributed by atoms with E-state index in [4.69, 9.17) is 10.00 Å². The number of nitrogens with zero attached hydrogens (tertiary/aromatic N) is 2. The fourth-order valence-electron chi connectivity index (χ4n) is 3.27. The molecular weight excluding hydrogens is 382 g/mol. The molecule has 0 bridgehead atoms. The summed E-state index contributed by atoms with van der Waals surface area (Å²) in [5, 5.41) is 11.7. The molecule has 0 unspecified atom stereocenters. The van der Waals surface area contributed by atoms with Gasteiger partial charge < -0.3 is 15.0 Å². The van der Waals surface area contributed by atoms with Crippen molar-refractivity contribution in [1.29, 1.82) is 5.26 Å². The highest BCUT2D eigenvalue weighted by atomic mass is 16.5. The molecule has 2 aromatic rings. The van der Waals surface area contributed by atoms with Crippen LogP contribution in [-0.2, 0) is 25.5 Å². The van der Waals surface area contributed by atoms with Crippen LogP contribution in [0.4, 0.5) is 11.4 Å². The minimum Gasteiger partial charge on any atom is -0.452 e. The standard InChI is InChI=1S/C23H23N3O4/c1-3-16-8-10-19(11-9-16)26-14-18(12-21(26)27)23(29)30-15(2)22(28)25-20-7-5-4-6-17(20)13-24/h4-11,15,18H,3,12,14H2,1-2H3,(H,25,28)/t15-,18-/m1/s1. The van der Waals surface area contributed by atoms with Crippen molar-refractivity contribution in [2.45, 2.75) is 32.8 Å². The van der Waals surface area contributed by atoms with Crippen LogP contribution in [0.15, 0.2) is 48.5 Å². The van der Waals surface area contributed by atoms with E-state index in [-0.39, 0.29) is 18.9 Å². The number of esters is 1. The number of hydrogen-bond acceptors (Lipinski definition) is 5. The second-order valence-corrected chi connectivity index (χ2v) is 7.15. The van der Waals surface area contributed by atoms with Gasteiger partial charge >= 0.3 is 5.97 Å². The van der Waals surface area contributed by atoms with Crippen LogP contribution < -0.4 is 10.2 Å². The van der Waals surface area contributed by atoms with Gasteiger partial charge in [0.05, 0.1) is 17.2 Å². The summed E-state index contributed by atoms with van der Waals surface area (Å²) in [5.41, 5.74) is 2.58. The number of para-hydroxylation sites is 1. The summed E-state index contributed by atoms with van der Waals surface area (Å²) in [6.45, 7) is 3.73. The number of carbonyl (C=O) groups is 3. The Labute approximate surface area is 175 Å². The minimum atomic E-state index is -1.06. The number of carbonyl (C=O) groups excluding carboxylic acids is 3. The third-order valence-electron chi connectivity index (χ3n) is 5.08. The van der Waals surface area contributed by atoms with E-state index in [1.807, 2.05) is 30.3 Å². The van der Waals surface area contributed by atoms with Crippen molar-refractivity contribution >= 4 is 29.2 Å². The maximum atomic E-state index is 12.5. The zero-order chi connectivity index (χ0) is 21.7. The third-order valence-corrected chi connectivity index (χ3v) is 5.08. The van der Waals surface area contributed by atoms with Crippen LogP contribution in [0.3, 0.4) is 0 Å². The number of anilines is 2. The van der Waals surface area contributed by atoms with Gasteiger partial charge in [0.1, 0.15) is 6.07 Å². The summed E-state index contributed by atoms with van der Waals surface area (Å²) in [7, 11) is 0. The molecule has 3 rings (SSSR count). The zero-order valence-corrected chi connectivity index (χ0v) is 16.9. The lowest BCUT2D eigenvalue weighted by atomic mass is 10.1. The highest BCUT2D eigenvalue weighted by Crippen LogP contribution is 2.26. The smallest absolute Gasteiger partial charge is 0.312 e. The molecule has 0 spiro atoms. The molecule has 2 aromatic carbocycles. The average molecular weight is 405 g/mol. The lowest BCUT2D eigenvalue weighted by Crippen LogP contribution is -2.33. The SMILES string of the molecule is CCc1ccc(N2C[C@H](C(=O)O[C@H](C)C(=O)Nc3ccccc3C#N)CC2=O)cc1. The number of benzene rings is 2. The van der Waals surface area contributed by atoms with Gasteiger partial charge in [-0.05, 0) is 43.2 Å². The van der Waals surface area contributed by atoms with Crippen LogP contribution in [0.2, 0.25) is 0 Å². The van der Waals surface area contributed by atoms with Crippen LogP contribution >= 0.6 is 0 Å². The predicted molar refractivity (Wildman–Crippen MR) is 112 cm³/mol. The van der Waals surface area contributed by atoms with E-state index < -0.39 is 23.9 Å². The van der Waals surface area contributed by atoms with Gasteiger partial charge in [0.25, 0.3) is 5.91 Å². The highest BCUT2D eigenvalue weighted by Gasteiger charge is 2.37. The summed E-state index contributed by atoms with van der Waals surface area (Å²) in [5.74, 6) is -1.92. The monoisotopic (exact) mass is 405 g/mol. The highest BCUT2D eigenvalue weighted by molar-refractivity contribution is 6.00. The fraction of sp³-hybridized carbons (Fsp3) is 0.304. The van der Waals surface area contributed by atoms with Gasteiger partial charge in [-0.25, -0.2) is 0 Å². The van der Waals surface area contributed by atoms with Crippen LogP contribution in [-0.4, -0.2) is 30.4 Å². The number of aryl methyl sites for hydroxylation is 1. The van der Waals surface area contributed by atoms with Crippen molar-refractivity contribution < 1.29 is 19.1 Å². The molecule has 2 atom stereocenters. The Balaban J connectivity index is 1.59. The van der Waals surface area contributed by atoms with Crippen molar-refractivity contribution in [3.63, 3.8) is 0 Å². The van der Waals surface area contributed by atoms with Crippen molar-refractivity contribution in [2.75, 3.05) is 16.8 Å². The Hall–Kier alpha value is -3.66. The van der Waals surface area contributed by atoms with Crippen molar-refractivity contribution in [3.8, 4) is 6.07 Å². The molecular formula is C23H23N3O4. The molecule has 1 heterocycles. The molecule has 2 amide bonds. The zero-order valence-electron chi connectivity index (χ0n) is 16.9. The number of nitriles is 1. The Kier molecular flexibility index (Phi) is 6.48. The van der Waals surface area contributed by atoms with E-state index in [0.717, 1.165) is 12.1 Å². The first-order chi connectivity index (χ1) is 14.4. The maximum absolute atomic E-state index is 12.5. The van der Waals surface area contributed by atoms with Gasteiger partial charge in [-0.3, -0.25) is 14.4 Å². The topological polar surface area (TPSA) is 99.5 Å². The van der Waals surface area contributed by atoms with Gasteiger partial charge in [-0.15, -0.1) is 0 Å². The largest absolute Gasteiger partial charge is 0.452 e. The summed E-state index contributed by atoms with van der Waals surface area (Å²) in [6, 6.07) is 16.2. The molecule has 1 fully saturated rings. The molecule has 7 heteroatoms. The van der Waals surface area contributed by atoms with E-state index in [0.29, 0.717) is 11.3 Å². The molecule has 30 heavy (non-hydrogen) atoms. The normalized spacial score (nSPS) is 16.6. The van der Waals surface area contributed by atoms with Gasteiger partial charge in [0, 0.05) is 18.7 Å². The second-order valence-electron chi connectivity index (χ2n) is 7.15. The lowest BCUT2D eigenvalue weighted by Gasteiger charge is -2.18. The number of ether oxygens (including phenoxy) is 1. The fourth-order valence-corrected chi connectivity index (χ4v) is 3.27.